The maximum atomic E-state index is 11.3. The van der Waals surface area contributed by atoms with Crippen molar-refractivity contribution < 1.29 is 4.79 Å². The van der Waals surface area contributed by atoms with E-state index < -0.39 is 0 Å². The molecule has 3 nitrogen and oxygen atoms in total. The first kappa shape index (κ1) is 7.76. The Morgan fingerprint density at radius 3 is 3.25 bits per heavy atom. The number of carbonyl (C=O) groups is 1. The lowest BCUT2D eigenvalue weighted by molar-refractivity contribution is 0.0965. The normalized spacial score (nSPS) is 14.6. The smallest absolute Gasteiger partial charge is 0.253 e. The van der Waals surface area contributed by atoms with Gasteiger partial charge in [0.2, 0.25) is 0 Å². The number of amides is 1. The van der Waals surface area contributed by atoms with Crippen LogP contribution < -0.4 is 11.1 Å². The van der Waals surface area contributed by atoms with Crippen LogP contribution in [0, 0.1) is 0 Å². The predicted octanol–water partition coefficient (Wildman–Crippen LogP) is 0.493. The van der Waals surface area contributed by atoms with E-state index in [4.69, 9.17) is 5.73 Å². The second-order valence-electron chi connectivity index (χ2n) is 2.78. The van der Waals surface area contributed by atoms with Crippen LogP contribution in [0.5, 0.6) is 0 Å². The van der Waals surface area contributed by atoms with Crippen molar-refractivity contribution in [1.82, 2.24) is 5.32 Å². The molecule has 4 heteroatoms. The summed E-state index contributed by atoms with van der Waals surface area (Å²) in [6.07, 6.45) is 0.805. The molecule has 0 saturated heterocycles. The Morgan fingerprint density at radius 1 is 1.67 bits per heavy atom. The fraction of sp³-hybridized carbons (Fsp3) is 0.375. The van der Waals surface area contributed by atoms with Gasteiger partial charge in [0.1, 0.15) is 0 Å². The molecule has 1 aliphatic rings. The van der Waals surface area contributed by atoms with E-state index in [2.05, 4.69) is 5.32 Å². The zero-order valence-corrected chi connectivity index (χ0v) is 7.41. The van der Waals surface area contributed by atoms with Crippen LogP contribution in [0.3, 0.4) is 0 Å². The summed E-state index contributed by atoms with van der Waals surface area (Å²) in [5.74, 6) is 0.0645. The largest absolute Gasteiger partial charge is 0.347 e. The molecule has 0 aromatic carbocycles. The molecule has 0 saturated carbocycles. The highest BCUT2D eigenvalue weighted by molar-refractivity contribution is 7.10. The SMILES string of the molecule is NCCc1csc2c1C(=O)NC2. The lowest BCUT2D eigenvalue weighted by atomic mass is 10.1. The van der Waals surface area contributed by atoms with Gasteiger partial charge in [-0.15, -0.1) is 11.3 Å². The standard InChI is InChI=1S/C8H10N2OS/c9-2-1-5-4-12-6-3-10-8(11)7(5)6/h4H,1-3,9H2,(H,10,11). The molecule has 1 amide bonds. The molecule has 2 heterocycles. The number of thiophene rings is 1. The van der Waals surface area contributed by atoms with Crippen molar-refractivity contribution in [2.45, 2.75) is 13.0 Å². The first-order valence-electron chi connectivity index (χ1n) is 3.90. The van der Waals surface area contributed by atoms with Crippen LogP contribution in [0.2, 0.25) is 0 Å². The molecule has 0 fully saturated rings. The Kier molecular flexibility index (Phi) is 1.86. The third kappa shape index (κ3) is 1.04. The molecule has 1 aromatic heterocycles. The molecule has 1 aliphatic heterocycles. The van der Waals surface area contributed by atoms with E-state index >= 15 is 0 Å². The van der Waals surface area contributed by atoms with E-state index in [9.17, 15) is 4.79 Å². The quantitative estimate of drug-likeness (QED) is 0.699. The van der Waals surface area contributed by atoms with Crippen LogP contribution in [0.4, 0.5) is 0 Å². The molecule has 0 spiro atoms. The Labute approximate surface area is 74.6 Å². The van der Waals surface area contributed by atoms with Crippen LogP contribution in [-0.4, -0.2) is 12.5 Å². The van der Waals surface area contributed by atoms with Gasteiger partial charge in [-0.1, -0.05) is 0 Å². The maximum absolute atomic E-state index is 11.3. The summed E-state index contributed by atoms with van der Waals surface area (Å²) in [7, 11) is 0. The van der Waals surface area contributed by atoms with Crippen molar-refractivity contribution in [3.05, 3.63) is 21.4 Å². The van der Waals surface area contributed by atoms with Gasteiger partial charge < -0.3 is 11.1 Å². The van der Waals surface area contributed by atoms with Gasteiger partial charge in [-0.05, 0) is 23.9 Å². The summed E-state index contributed by atoms with van der Waals surface area (Å²) >= 11 is 1.64. The second-order valence-corrected chi connectivity index (χ2v) is 3.74. The highest BCUT2D eigenvalue weighted by Gasteiger charge is 2.23. The highest BCUT2D eigenvalue weighted by Crippen LogP contribution is 2.26. The Balaban J connectivity index is 2.39. The first-order valence-corrected chi connectivity index (χ1v) is 4.78. The molecule has 0 bridgehead atoms. The van der Waals surface area contributed by atoms with Crippen LogP contribution in [0.15, 0.2) is 5.38 Å². The van der Waals surface area contributed by atoms with E-state index in [1.807, 2.05) is 5.38 Å². The molecule has 3 N–H and O–H groups in total. The number of rotatable bonds is 2. The maximum Gasteiger partial charge on any atom is 0.253 e. The van der Waals surface area contributed by atoms with Crippen LogP contribution >= 0.6 is 11.3 Å². The van der Waals surface area contributed by atoms with Gasteiger partial charge >= 0.3 is 0 Å². The first-order chi connectivity index (χ1) is 5.83. The minimum Gasteiger partial charge on any atom is -0.347 e. The molecule has 12 heavy (non-hydrogen) atoms. The summed E-state index contributed by atoms with van der Waals surface area (Å²) in [4.78, 5) is 12.4. The van der Waals surface area contributed by atoms with E-state index in [0.717, 1.165) is 22.4 Å². The third-order valence-electron chi connectivity index (χ3n) is 1.99. The van der Waals surface area contributed by atoms with Crippen LogP contribution in [0.25, 0.3) is 0 Å². The molecular formula is C8H10N2OS. The van der Waals surface area contributed by atoms with E-state index in [-0.39, 0.29) is 5.91 Å². The average Bonchev–Trinajstić information content (AvgIpc) is 2.58. The van der Waals surface area contributed by atoms with Crippen molar-refractivity contribution in [2.24, 2.45) is 5.73 Å². The topological polar surface area (TPSA) is 55.1 Å². The molecular weight excluding hydrogens is 172 g/mol. The molecule has 0 radical (unpaired) electrons. The van der Waals surface area contributed by atoms with E-state index in [0.29, 0.717) is 13.1 Å². The third-order valence-corrected chi connectivity index (χ3v) is 3.03. The number of hydrogen-bond acceptors (Lipinski definition) is 3. The Morgan fingerprint density at radius 2 is 2.50 bits per heavy atom. The lowest BCUT2D eigenvalue weighted by Gasteiger charge is -1.95. The summed E-state index contributed by atoms with van der Waals surface area (Å²) in [6.45, 7) is 1.31. The van der Waals surface area contributed by atoms with Gasteiger partial charge in [0, 0.05) is 4.88 Å². The molecule has 0 aliphatic carbocycles. The van der Waals surface area contributed by atoms with Gasteiger partial charge in [0.05, 0.1) is 12.1 Å². The van der Waals surface area contributed by atoms with E-state index in [1.54, 1.807) is 11.3 Å². The van der Waals surface area contributed by atoms with Gasteiger partial charge in [0.15, 0.2) is 0 Å². The number of nitrogens with two attached hydrogens (primary N) is 1. The van der Waals surface area contributed by atoms with Crippen LogP contribution in [-0.2, 0) is 13.0 Å². The number of carbonyl (C=O) groups excluding carboxylic acids is 1. The predicted molar refractivity (Wildman–Crippen MR) is 48.2 cm³/mol. The summed E-state index contributed by atoms with van der Waals surface area (Å²) in [5, 5.41) is 4.83. The van der Waals surface area contributed by atoms with Gasteiger partial charge in [-0.2, -0.15) is 0 Å². The van der Waals surface area contributed by atoms with Crippen LogP contribution in [0.1, 0.15) is 20.8 Å². The molecule has 0 atom stereocenters. The van der Waals surface area contributed by atoms with Gasteiger partial charge in [-0.25, -0.2) is 0 Å². The van der Waals surface area contributed by atoms with Crippen molar-refractivity contribution in [3.63, 3.8) is 0 Å². The molecule has 64 valence electrons. The number of hydrogen-bond donors (Lipinski definition) is 2. The van der Waals surface area contributed by atoms with Crippen molar-refractivity contribution in [2.75, 3.05) is 6.54 Å². The molecule has 2 rings (SSSR count). The zero-order valence-electron chi connectivity index (χ0n) is 6.59. The minimum atomic E-state index is 0.0645. The lowest BCUT2D eigenvalue weighted by Crippen LogP contribution is -2.14. The summed E-state index contributed by atoms with van der Waals surface area (Å²) in [5.41, 5.74) is 7.42. The summed E-state index contributed by atoms with van der Waals surface area (Å²) in [6, 6.07) is 0. The van der Waals surface area contributed by atoms with Crippen molar-refractivity contribution in [1.29, 1.82) is 0 Å². The zero-order chi connectivity index (χ0) is 8.55. The van der Waals surface area contributed by atoms with Gasteiger partial charge in [0.25, 0.3) is 5.91 Å². The van der Waals surface area contributed by atoms with E-state index in [1.165, 1.54) is 0 Å². The van der Waals surface area contributed by atoms with Gasteiger partial charge in [-0.3, -0.25) is 4.79 Å². The number of fused-ring (bicyclic) bond motifs is 1. The minimum absolute atomic E-state index is 0.0645. The molecule has 0 unspecified atom stereocenters. The monoisotopic (exact) mass is 182 g/mol. The summed E-state index contributed by atoms with van der Waals surface area (Å²) < 4.78 is 0. The highest BCUT2D eigenvalue weighted by atomic mass is 32.1. The molecule has 1 aromatic rings. The Bertz CT molecular complexity index is 319. The fourth-order valence-corrected chi connectivity index (χ4v) is 2.45. The Hall–Kier alpha value is -0.870. The fourth-order valence-electron chi connectivity index (χ4n) is 1.43. The number of nitrogens with one attached hydrogen (secondary N) is 1. The van der Waals surface area contributed by atoms with Crippen molar-refractivity contribution >= 4 is 17.2 Å². The average molecular weight is 182 g/mol. The second kappa shape index (κ2) is 2.88. The van der Waals surface area contributed by atoms with Crippen molar-refractivity contribution in [3.8, 4) is 0 Å².